The van der Waals surface area contributed by atoms with Crippen molar-refractivity contribution in [2.24, 2.45) is 14.1 Å². The Morgan fingerprint density at radius 2 is 1.90 bits per heavy atom. The van der Waals surface area contributed by atoms with Gasteiger partial charge in [-0.2, -0.15) is 0 Å². The van der Waals surface area contributed by atoms with Gasteiger partial charge < -0.3 is 10.4 Å². The molecule has 0 saturated carbocycles. The van der Waals surface area contributed by atoms with Crippen molar-refractivity contribution in [3.05, 3.63) is 38.9 Å². The van der Waals surface area contributed by atoms with Crippen LogP contribution in [0.5, 0.6) is 0 Å². The summed E-state index contributed by atoms with van der Waals surface area (Å²) < 4.78 is 2.52. The molecule has 7 heteroatoms. The van der Waals surface area contributed by atoms with Crippen molar-refractivity contribution in [2.75, 3.05) is 17.7 Å². The number of fused-ring (bicyclic) bond motifs is 1. The van der Waals surface area contributed by atoms with E-state index in [9.17, 15) is 14.7 Å². The number of alkyl halides is 1. The third kappa shape index (κ3) is 2.44. The van der Waals surface area contributed by atoms with Crippen molar-refractivity contribution in [1.82, 2.24) is 9.36 Å². The average Bonchev–Trinajstić information content (AvgIpc) is 2.47. The fourth-order valence-electron chi connectivity index (χ4n) is 2.00. The minimum absolute atomic E-state index is 0.0948. The molecule has 0 spiro atoms. The molecule has 0 aliphatic heterocycles. The zero-order chi connectivity index (χ0) is 14.9. The van der Waals surface area contributed by atoms with E-state index in [1.807, 2.05) is 0 Å². The van der Waals surface area contributed by atoms with Crippen LogP contribution in [0.15, 0.2) is 27.8 Å². The number of nitrogens with one attached hydrogen (secondary N) is 1. The van der Waals surface area contributed by atoms with Crippen molar-refractivity contribution in [2.45, 2.75) is 6.10 Å². The molecule has 1 heterocycles. The van der Waals surface area contributed by atoms with Crippen molar-refractivity contribution in [1.29, 1.82) is 0 Å². The zero-order valence-corrected chi connectivity index (χ0v) is 12.0. The molecular weight excluding hydrogens is 282 g/mol. The molecule has 1 aromatic heterocycles. The molecule has 108 valence electrons. The first kappa shape index (κ1) is 14.6. The van der Waals surface area contributed by atoms with Gasteiger partial charge in [-0.1, -0.05) is 6.07 Å². The Morgan fingerprint density at radius 3 is 2.55 bits per heavy atom. The summed E-state index contributed by atoms with van der Waals surface area (Å²) in [4.78, 5) is 24.5. The second kappa shape index (κ2) is 5.68. The van der Waals surface area contributed by atoms with Crippen LogP contribution in [0.1, 0.15) is 0 Å². The Labute approximate surface area is 120 Å². The molecule has 0 bridgehead atoms. The van der Waals surface area contributed by atoms with E-state index in [0.29, 0.717) is 16.5 Å². The van der Waals surface area contributed by atoms with E-state index in [-0.39, 0.29) is 23.5 Å². The van der Waals surface area contributed by atoms with Crippen LogP contribution in [0, 0.1) is 0 Å². The van der Waals surface area contributed by atoms with Gasteiger partial charge in [0.25, 0.3) is 11.1 Å². The molecule has 2 N–H and O–H groups in total. The summed E-state index contributed by atoms with van der Waals surface area (Å²) in [5.41, 5.74) is -0.000767. The fourth-order valence-corrected chi connectivity index (χ4v) is 2.11. The number of aliphatic hydroxyl groups is 1. The molecule has 0 saturated heterocycles. The van der Waals surface area contributed by atoms with Gasteiger partial charge in [0.15, 0.2) is 0 Å². The topological polar surface area (TPSA) is 76.3 Å². The summed E-state index contributed by atoms with van der Waals surface area (Å²) in [5.74, 6) is 0.0948. The smallest absolute Gasteiger partial charge is 0.275 e. The van der Waals surface area contributed by atoms with Crippen LogP contribution in [-0.2, 0) is 14.1 Å². The van der Waals surface area contributed by atoms with Crippen molar-refractivity contribution >= 4 is 28.1 Å². The molecule has 2 rings (SSSR count). The highest BCUT2D eigenvalue weighted by Gasteiger charge is 2.12. The Morgan fingerprint density at radius 1 is 1.25 bits per heavy atom. The van der Waals surface area contributed by atoms with E-state index in [2.05, 4.69) is 5.32 Å². The number of hydrogen-bond acceptors (Lipinski definition) is 4. The lowest BCUT2D eigenvalue weighted by Crippen LogP contribution is -2.35. The molecule has 0 amide bonds. The summed E-state index contributed by atoms with van der Waals surface area (Å²) in [6.45, 7) is 0.209. The molecule has 20 heavy (non-hydrogen) atoms. The van der Waals surface area contributed by atoms with E-state index in [1.165, 1.54) is 16.4 Å². The predicted octanol–water partition coefficient (Wildman–Crippen LogP) is 0.249. The van der Waals surface area contributed by atoms with E-state index < -0.39 is 6.10 Å². The molecule has 2 aromatic rings. The molecular formula is C13H16ClN3O3. The number of rotatable bonds is 4. The third-order valence-electron chi connectivity index (χ3n) is 3.25. The second-order valence-corrected chi connectivity index (χ2v) is 4.88. The molecule has 6 nitrogen and oxygen atoms in total. The predicted molar refractivity (Wildman–Crippen MR) is 79.6 cm³/mol. The monoisotopic (exact) mass is 297 g/mol. The third-order valence-corrected chi connectivity index (χ3v) is 3.61. The van der Waals surface area contributed by atoms with Gasteiger partial charge in [0.1, 0.15) is 0 Å². The summed E-state index contributed by atoms with van der Waals surface area (Å²) >= 11 is 5.53. The van der Waals surface area contributed by atoms with Crippen LogP contribution in [0.3, 0.4) is 0 Å². The molecule has 1 atom stereocenters. The Bertz CT molecular complexity index is 751. The fraction of sp³-hybridized carbons (Fsp3) is 0.385. The summed E-state index contributed by atoms with van der Waals surface area (Å²) in [5, 5.41) is 13.1. The summed E-state index contributed by atoms with van der Waals surface area (Å²) in [6.07, 6.45) is -0.720. The second-order valence-electron chi connectivity index (χ2n) is 4.57. The van der Waals surface area contributed by atoms with Gasteiger partial charge in [0.2, 0.25) is 0 Å². The maximum absolute atomic E-state index is 12.3. The van der Waals surface area contributed by atoms with Gasteiger partial charge in [0, 0.05) is 26.3 Å². The van der Waals surface area contributed by atoms with E-state index in [0.717, 1.165) is 0 Å². The standard InChI is InChI=1S/C13H16ClN3O3/c1-16-12(19)9-4-3-5-10(15-7-8(18)6-14)11(9)13(20)17(16)2/h3-5,8,15,18H,6-7H2,1-2H3. The quantitative estimate of drug-likeness (QED) is 0.793. The molecule has 0 radical (unpaired) electrons. The highest BCUT2D eigenvalue weighted by atomic mass is 35.5. The van der Waals surface area contributed by atoms with Crippen LogP contribution >= 0.6 is 11.6 Å². The van der Waals surface area contributed by atoms with Gasteiger partial charge in [-0.25, -0.2) is 0 Å². The number of aromatic nitrogens is 2. The molecule has 0 aliphatic carbocycles. The normalized spacial score (nSPS) is 12.6. The number of halogens is 1. The molecule has 0 aliphatic rings. The van der Waals surface area contributed by atoms with Crippen LogP contribution in [-0.4, -0.2) is 33.0 Å². The van der Waals surface area contributed by atoms with Crippen LogP contribution in [0.25, 0.3) is 10.8 Å². The maximum atomic E-state index is 12.3. The number of aliphatic hydroxyl groups excluding tert-OH is 1. The van der Waals surface area contributed by atoms with E-state index in [4.69, 9.17) is 11.6 Å². The van der Waals surface area contributed by atoms with Crippen LogP contribution in [0.4, 0.5) is 5.69 Å². The van der Waals surface area contributed by atoms with Gasteiger partial charge in [-0.15, -0.1) is 11.6 Å². The van der Waals surface area contributed by atoms with Gasteiger partial charge in [0.05, 0.1) is 22.8 Å². The summed E-state index contributed by atoms with van der Waals surface area (Å²) in [6, 6.07) is 5.00. The average molecular weight is 298 g/mol. The molecule has 1 unspecified atom stereocenters. The summed E-state index contributed by atoms with van der Waals surface area (Å²) in [7, 11) is 3.08. The molecule has 0 fully saturated rings. The first-order valence-corrected chi connectivity index (χ1v) is 6.67. The number of anilines is 1. The number of hydrogen-bond donors (Lipinski definition) is 2. The van der Waals surface area contributed by atoms with Crippen LogP contribution in [0.2, 0.25) is 0 Å². The van der Waals surface area contributed by atoms with Crippen molar-refractivity contribution in [3.8, 4) is 0 Å². The SMILES string of the molecule is Cn1c(=O)c2cccc(NCC(O)CCl)c2c(=O)n1C. The zero-order valence-electron chi connectivity index (χ0n) is 11.3. The van der Waals surface area contributed by atoms with Gasteiger partial charge in [-0.3, -0.25) is 19.0 Å². The van der Waals surface area contributed by atoms with Crippen molar-refractivity contribution < 1.29 is 5.11 Å². The minimum atomic E-state index is -0.720. The van der Waals surface area contributed by atoms with E-state index in [1.54, 1.807) is 25.2 Å². The highest BCUT2D eigenvalue weighted by molar-refractivity contribution is 6.18. The van der Waals surface area contributed by atoms with Gasteiger partial charge >= 0.3 is 0 Å². The highest BCUT2D eigenvalue weighted by Crippen LogP contribution is 2.17. The largest absolute Gasteiger partial charge is 0.390 e. The van der Waals surface area contributed by atoms with Crippen molar-refractivity contribution in [3.63, 3.8) is 0 Å². The van der Waals surface area contributed by atoms with Gasteiger partial charge in [-0.05, 0) is 12.1 Å². The maximum Gasteiger partial charge on any atom is 0.275 e. The lowest BCUT2D eigenvalue weighted by Gasteiger charge is -2.14. The molecule has 1 aromatic carbocycles. The minimum Gasteiger partial charge on any atom is -0.390 e. The lowest BCUT2D eigenvalue weighted by atomic mass is 10.1. The Hall–Kier alpha value is -1.79. The first-order chi connectivity index (χ1) is 9.47. The van der Waals surface area contributed by atoms with E-state index >= 15 is 0 Å². The van der Waals surface area contributed by atoms with Crippen LogP contribution < -0.4 is 16.4 Å². The Balaban J connectivity index is 2.63. The lowest BCUT2D eigenvalue weighted by molar-refractivity contribution is 0.211. The number of nitrogens with zero attached hydrogens (tertiary/aromatic N) is 2. The Kier molecular flexibility index (Phi) is 4.15. The number of benzene rings is 1. The first-order valence-electron chi connectivity index (χ1n) is 6.14.